The van der Waals surface area contributed by atoms with Gasteiger partial charge < -0.3 is 24.3 Å². The number of Topliss-reactive ketones (excluding diaryl/α,β-unsaturated/α-hetero) is 1. The predicted octanol–water partition coefficient (Wildman–Crippen LogP) is 5.29. The summed E-state index contributed by atoms with van der Waals surface area (Å²) >= 11 is 6.07. The number of rotatable bonds is 7. The van der Waals surface area contributed by atoms with Gasteiger partial charge in [-0.2, -0.15) is 0 Å². The summed E-state index contributed by atoms with van der Waals surface area (Å²) in [5.74, 6) is 0.165. The van der Waals surface area contributed by atoms with Crippen LogP contribution in [-0.2, 0) is 14.3 Å². The highest BCUT2D eigenvalue weighted by Gasteiger charge is 2.42. The maximum atomic E-state index is 13.7. The van der Waals surface area contributed by atoms with Crippen LogP contribution >= 0.6 is 11.6 Å². The summed E-state index contributed by atoms with van der Waals surface area (Å²) in [6.07, 6.45) is 0.940. The molecule has 0 spiro atoms. The summed E-state index contributed by atoms with van der Waals surface area (Å²) in [6.45, 7) is 3.80. The van der Waals surface area contributed by atoms with Gasteiger partial charge in [0.1, 0.15) is 0 Å². The first-order chi connectivity index (χ1) is 17.3. The molecule has 2 aliphatic rings. The molecule has 0 saturated carbocycles. The van der Waals surface area contributed by atoms with Crippen LogP contribution < -0.4 is 19.5 Å². The van der Waals surface area contributed by atoms with E-state index in [1.54, 1.807) is 19.1 Å². The lowest BCUT2D eigenvalue weighted by Gasteiger charge is -2.37. The van der Waals surface area contributed by atoms with Gasteiger partial charge in [-0.05, 0) is 61.6 Å². The molecule has 0 amide bonds. The fourth-order valence-electron chi connectivity index (χ4n) is 5.09. The van der Waals surface area contributed by atoms with Crippen LogP contribution in [0.3, 0.4) is 0 Å². The van der Waals surface area contributed by atoms with E-state index in [0.717, 1.165) is 11.3 Å². The molecule has 1 N–H and O–H groups in total. The van der Waals surface area contributed by atoms with Gasteiger partial charge >= 0.3 is 5.97 Å². The molecule has 0 saturated heterocycles. The highest BCUT2D eigenvalue weighted by atomic mass is 35.5. The second-order valence-corrected chi connectivity index (χ2v) is 9.18. The van der Waals surface area contributed by atoms with Crippen LogP contribution in [0.5, 0.6) is 17.2 Å². The number of nitrogens with one attached hydrogen (secondary N) is 1. The van der Waals surface area contributed by atoms with Crippen molar-refractivity contribution < 1.29 is 28.5 Å². The number of methoxy groups -OCH3 is 3. The van der Waals surface area contributed by atoms with Crippen LogP contribution in [0.2, 0.25) is 5.02 Å². The topological polar surface area (TPSA) is 83.1 Å². The molecular formula is C28H30ClNO6. The smallest absolute Gasteiger partial charge is 0.336 e. The Morgan fingerprint density at radius 3 is 2.19 bits per heavy atom. The van der Waals surface area contributed by atoms with Gasteiger partial charge in [0.2, 0.25) is 5.75 Å². The monoisotopic (exact) mass is 511 g/mol. The minimum absolute atomic E-state index is 0.00134. The van der Waals surface area contributed by atoms with Crippen molar-refractivity contribution in [3.8, 4) is 17.2 Å². The lowest BCUT2D eigenvalue weighted by atomic mass is 9.71. The van der Waals surface area contributed by atoms with E-state index >= 15 is 0 Å². The van der Waals surface area contributed by atoms with Crippen LogP contribution in [0.25, 0.3) is 0 Å². The van der Waals surface area contributed by atoms with Gasteiger partial charge in [-0.1, -0.05) is 23.7 Å². The molecule has 0 aromatic heterocycles. The van der Waals surface area contributed by atoms with E-state index in [-0.39, 0.29) is 18.3 Å². The van der Waals surface area contributed by atoms with Gasteiger partial charge in [-0.3, -0.25) is 4.79 Å². The average molecular weight is 512 g/mol. The lowest BCUT2D eigenvalue weighted by Crippen LogP contribution is -2.36. The SMILES string of the molecule is CCOC(=O)C1=C(C)NC2=C(C(=O)CC(c3ccc(Cl)cc3)C2)C1c1cc(OC)c(OC)c(OC)c1. The van der Waals surface area contributed by atoms with Crippen molar-refractivity contribution in [2.75, 3.05) is 27.9 Å². The minimum atomic E-state index is -0.646. The normalized spacial score (nSPS) is 19.4. The fourth-order valence-corrected chi connectivity index (χ4v) is 5.22. The molecule has 2 atom stereocenters. The molecule has 8 heteroatoms. The van der Waals surface area contributed by atoms with Gasteiger partial charge in [-0.25, -0.2) is 4.79 Å². The molecule has 36 heavy (non-hydrogen) atoms. The molecule has 4 rings (SSSR count). The zero-order chi connectivity index (χ0) is 26.0. The van der Waals surface area contributed by atoms with E-state index in [1.165, 1.54) is 21.3 Å². The number of esters is 1. The summed E-state index contributed by atoms with van der Waals surface area (Å²) in [6, 6.07) is 11.2. The summed E-state index contributed by atoms with van der Waals surface area (Å²) in [4.78, 5) is 26.9. The molecule has 190 valence electrons. The maximum absolute atomic E-state index is 13.7. The van der Waals surface area contributed by atoms with Crippen molar-refractivity contribution in [3.63, 3.8) is 0 Å². The second kappa shape index (κ2) is 10.7. The molecule has 1 heterocycles. The van der Waals surface area contributed by atoms with Crippen LogP contribution in [-0.4, -0.2) is 39.7 Å². The van der Waals surface area contributed by atoms with Gasteiger partial charge in [0, 0.05) is 34.3 Å². The highest BCUT2D eigenvalue weighted by Crippen LogP contribution is 2.49. The zero-order valence-electron chi connectivity index (χ0n) is 21.1. The van der Waals surface area contributed by atoms with Crippen molar-refractivity contribution in [1.82, 2.24) is 5.32 Å². The summed E-state index contributed by atoms with van der Waals surface area (Å²) in [5.41, 5.74) is 4.12. The van der Waals surface area contributed by atoms with E-state index < -0.39 is 11.9 Å². The summed E-state index contributed by atoms with van der Waals surface area (Å²) in [7, 11) is 4.59. The van der Waals surface area contributed by atoms with Gasteiger partial charge in [0.05, 0.1) is 33.5 Å². The lowest BCUT2D eigenvalue weighted by molar-refractivity contribution is -0.138. The highest BCUT2D eigenvalue weighted by molar-refractivity contribution is 6.30. The van der Waals surface area contributed by atoms with Crippen LogP contribution in [0.1, 0.15) is 49.7 Å². The molecule has 1 aliphatic carbocycles. The third-order valence-corrected chi connectivity index (χ3v) is 6.94. The number of benzene rings is 2. The number of ether oxygens (including phenoxy) is 4. The molecule has 0 fully saturated rings. The first kappa shape index (κ1) is 25.6. The third-order valence-electron chi connectivity index (χ3n) is 6.68. The maximum Gasteiger partial charge on any atom is 0.336 e. The van der Waals surface area contributed by atoms with Gasteiger partial charge in [-0.15, -0.1) is 0 Å². The molecular weight excluding hydrogens is 482 g/mol. The van der Waals surface area contributed by atoms with E-state index in [9.17, 15) is 9.59 Å². The predicted molar refractivity (Wildman–Crippen MR) is 137 cm³/mol. The van der Waals surface area contributed by atoms with Crippen molar-refractivity contribution in [2.24, 2.45) is 0 Å². The van der Waals surface area contributed by atoms with Crippen LogP contribution in [0.15, 0.2) is 58.9 Å². The van der Waals surface area contributed by atoms with Gasteiger partial charge in [0.25, 0.3) is 0 Å². The Hall–Kier alpha value is -3.45. The molecule has 0 bridgehead atoms. The van der Waals surface area contributed by atoms with Crippen LogP contribution in [0.4, 0.5) is 0 Å². The largest absolute Gasteiger partial charge is 0.493 e. The number of hydrogen-bond donors (Lipinski definition) is 1. The summed E-state index contributed by atoms with van der Waals surface area (Å²) in [5, 5.41) is 4.00. The van der Waals surface area contributed by atoms with Crippen molar-refractivity contribution in [3.05, 3.63) is 75.1 Å². The van der Waals surface area contributed by atoms with Crippen LogP contribution in [0, 0.1) is 0 Å². The number of hydrogen-bond acceptors (Lipinski definition) is 7. The first-order valence-electron chi connectivity index (χ1n) is 11.8. The average Bonchev–Trinajstić information content (AvgIpc) is 2.87. The first-order valence-corrected chi connectivity index (χ1v) is 12.2. The number of carbonyl (C=O) groups excluding carboxylic acids is 2. The van der Waals surface area contributed by atoms with Crippen molar-refractivity contribution in [2.45, 2.75) is 38.5 Å². The Morgan fingerprint density at radius 2 is 1.64 bits per heavy atom. The van der Waals surface area contributed by atoms with E-state index in [4.69, 9.17) is 30.5 Å². The van der Waals surface area contributed by atoms with E-state index in [1.807, 2.05) is 31.2 Å². The molecule has 1 aliphatic heterocycles. The number of dihydropyridines is 1. The second-order valence-electron chi connectivity index (χ2n) is 8.75. The third kappa shape index (κ3) is 4.67. The molecule has 7 nitrogen and oxygen atoms in total. The Balaban J connectivity index is 1.87. The Bertz CT molecular complexity index is 1220. The minimum Gasteiger partial charge on any atom is -0.493 e. The Kier molecular flexibility index (Phi) is 7.59. The standard InChI is InChI=1S/C28H30ClNO6/c1-6-36-28(32)24-15(2)30-20-11-17(16-7-9-19(29)10-8-16)12-21(31)26(20)25(24)18-13-22(33-3)27(35-5)23(14-18)34-4/h7-10,13-14,17,25,30H,6,11-12H2,1-5H3. The number of halogens is 1. The molecule has 2 unspecified atom stereocenters. The zero-order valence-corrected chi connectivity index (χ0v) is 21.8. The molecule has 2 aromatic carbocycles. The van der Waals surface area contributed by atoms with Crippen molar-refractivity contribution in [1.29, 1.82) is 0 Å². The van der Waals surface area contributed by atoms with E-state index in [2.05, 4.69) is 5.32 Å². The number of ketones is 1. The van der Waals surface area contributed by atoms with Crippen molar-refractivity contribution >= 4 is 23.4 Å². The van der Waals surface area contributed by atoms with Gasteiger partial charge in [0.15, 0.2) is 17.3 Å². The molecule has 0 radical (unpaired) electrons. The van der Waals surface area contributed by atoms with E-state index in [0.29, 0.717) is 57.5 Å². The Labute approximate surface area is 216 Å². The summed E-state index contributed by atoms with van der Waals surface area (Å²) < 4.78 is 22.0. The quantitative estimate of drug-likeness (QED) is 0.505. The number of carbonyl (C=O) groups is 2. The number of allylic oxidation sites excluding steroid dienone is 3. The Morgan fingerprint density at radius 1 is 1.00 bits per heavy atom. The fraction of sp³-hybridized carbons (Fsp3) is 0.357. The molecule has 2 aromatic rings.